The van der Waals surface area contributed by atoms with Crippen LogP contribution in [0.4, 0.5) is 11.5 Å². The lowest BCUT2D eigenvalue weighted by Gasteiger charge is -2.24. The van der Waals surface area contributed by atoms with E-state index in [0.717, 1.165) is 41.0 Å². The van der Waals surface area contributed by atoms with E-state index in [2.05, 4.69) is 38.1 Å². The Morgan fingerprint density at radius 3 is 2.86 bits per heavy atom. The number of ether oxygens (including phenoxy) is 3. The number of carbonyl (C=O) groups is 1. The molecule has 2 aromatic carbocycles. The summed E-state index contributed by atoms with van der Waals surface area (Å²) >= 11 is 1.67. The van der Waals surface area contributed by atoms with Gasteiger partial charge in [-0.15, -0.1) is 11.3 Å². The second kappa shape index (κ2) is 11.8. The van der Waals surface area contributed by atoms with E-state index >= 15 is 0 Å². The van der Waals surface area contributed by atoms with E-state index < -0.39 is 5.97 Å². The van der Waals surface area contributed by atoms with Gasteiger partial charge in [-0.25, -0.2) is 14.8 Å². The van der Waals surface area contributed by atoms with Gasteiger partial charge in [-0.05, 0) is 60.3 Å². The number of benzene rings is 2. The molecule has 37 heavy (non-hydrogen) atoms. The van der Waals surface area contributed by atoms with Crippen molar-refractivity contribution < 1.29 is 19.0 Å². The molecular weight excluding hydrogens is 488 g/mol. The highest BCUT2D eigenvalue weighted by molar-refractivity contribution is 7.09. The number of morpholine rings is 1. The minimum absolute atomic E-state index is 0.379. The van der Waals surface area contributed by atoms with Gasteiger partial charge in [0.25, 0.3) is 0 Å². The zero-order chi connectivity index (χ0) is 25.5. The minimum atomic E-state index is -0.604. The van der Waals surface area contributed by atoms with Crippen LogP contribution in [0.2, 0.25) is 0 Å². The van der Waals surface area contributed by atoms with Crippen molar-refractivity contribution in [1.29, 1.82) is 0 Å². The number of esters is 1. The standard InChI is InChI=1S/C28H26N4O4S/c1-20-16-21(6-9-26(20)35-18-23-4-3-15-37-23)31-28-24-17-22(7-8-25(24)29-19-30-28)36-27(33)5-2-10-32-11-13-34-14-12-32/h3-4,6-9,15-17,19H,10-14,18H2,1H3,(H,29,30,31). The molecule has 3 heterocycles. The predicted molar refractivity (Wildman–Crippen MR) is 143 cm³/mol. The minimum Gasteiger partial charge on any atom is -0.488 e. The number of fused-ring (bicyclic) bond motifs is 1. The molecule has 9 heteroatoms. The summed E-state index contributed by atoms with van der Waals surface area (Å²) in [4.78, 5) is 24.3. The first-order chi connectivity index (χ1) is 18.1. The molecule has 1 saturated heterocycles. The zero-order valence-electron chi connectivity index (χ0n) is 20.4. The molecule has 8 nitrogen and oxygen atoms in total. The molecule has 1 N–H and O–H groups in total. The fourth-order valence-corrected chi connectivity index (χ4v) is 4.50. The first kappa shape index (κ1) is 24.7. The van der Waals surface area contributed by atoms with Crippen LogP contribution in [0, 0.1) is 18.8 Å². The van der Waals surface area contributed by atoms with Gasteiger partial charge in [0.2, 0.25) is 0 Å². The van der Waals surface area contributed by atoms with Gasteiger partial charge in [-0.2, -0.15) is 0 Å². The van der Waals surface area contributed by atoms with E-state index in [1.807, 2.05) is 36.6 Å². The molecule has 5 rings (SSSR count). The topological polar surface area (TPSA) is 85.8 Å². The second-order valence-electron chi connectivity index (χ2n) is 8.45. The van der Waals surface area contributed by atoms with Gasteiger partial charge in [-0.1, -0.05) is 12.0 Å². The summed E-state index contributed by atoms with van der Waals surface area (Å²) in [7, 11) is 0. The summed E-state index contributed by atoms with van der Waals surface area (Å²) < 4.78 is 16.7. The average Bonchev–Trinajstić information content (AvgIpc) is 3.43. The Bertz CT molecular complexity index is 1440. The van der Waals surface area contributed by atoms with Gasteiger partial charge in [0.15, 0.2) is 0 Å². The molecule has 1 fully saturated rings. The molecule has 0 unspecified atom stereocenters. The molecule has 0 bridgehead atoms. The summed E-state index contributed by atoms with van der Waals surface area (Å²) in [6, 6.07) is 15.2. The number of hydrogen-bond acceptors (Lipinski definition) is 9. The van der Waals surface area contributed by atoms with E-state index in [9.17, 15) is 4.79 Å². The van der Waals surface area contributed by atoms with Crippen LogP contribution in [0.15, 0.2) is 60.2 Å². The number of rotatable bonds is 7. The third-order valence-electron chi connectivity index (χ3n) is 5.80. The third kappa shape index (κ3) is 6.62. The van der Waals surface area contributed by atoms with E-state index in [1.165, 1.54) is 11.2 Å². The van der Waals surface area contributed by atoms with Crippen LogP contribution in [0.5, 0.6) is 11.5 Å². The second-order valence-corrected chi connectivity index (χ2v) is 9.49. The first-order valence-corrected chi connectivity index (χ1v) is 12.8. The maximum absolute atomic E-state index is 12.3. The van der Waals surface area contributed by atoms with Crippen LogP contribution in [0.1, 0.15) is 10.4 Å². The number of thiophene rings is 1. The quantitative estimate of drug-likeness (QED) is 0.166. The number of nitrogens with zero attached hydrogens (tertiary/aromatic N) is 3. The highest BCUT2D eigenvalue weighted by atomic mass is 32.1. The Morgan fingerprint density at radius 1 is 1.16 bits per heavy atom. The van der Waals surface area contributed by atoms with Gasteiger partial charge in [0, 0.05) is 35.0 Å². The Balaban J connectivity index is 1.26. The normalized spacial score (nSPS) is 13.5. The molecular formula is C28H26N4O4S. The summed E-state index contributed by atoms with van der Waals surface area (Å²) in [6.45, 7) is 6.06. The number of aromatic nitrogens is 2. The van der Waals surface area contributed by atoms with Gasteiger partial charge in [-0.3, -0.25) is 4.90 Å². The number of anilines is 2. The van der Waals surface area contributed by atoms with E-state index in [-0.39, 0.29) is 0 Å². The van der Waals surface area contributed by atoms with Crippen molar-refractivity contribution >= 4 is 39.7 Å². The van der Waals surface area contributed by atoms with Gasteiger partial charge >= 0.3 is 5.97 Å². The van der Waals surface area contributed by atoms with Crippen LogP contribution in [0.3, 0.4) is 0 Å². The number of hydrogen-bond donors (Lipinski definition) is 1. The zero-order valence-corrected chi connectivity index (χ0v) is 21.2. The molecule has 2 aromatic heterocycles. The lowest BCUT2D eigenvalue weighted by molar-refractivity contribution is -0.128. The van der Waals surface area contributed by atoms with E-state index in [1.54, 1.807) is 29.5 Å². The van der Waals surface area contributed by atoms with Crippen molar-refractivity contribution in [2.75, 3.05) is 38.2 Å². The largest absolute Gasteiger partial charge is 0.488 e. The van der Waals surface area contributed by atoms with Crippen molar-refractivity contribution in [3.8, 4) is 23.3 Å². The maximum atomic E-state index is 12.3. The first-order valence-electron chi connectivity index (χ1n) is 11.9. The van der Waals surface area contributed by atoms with Crippen molar-refractivity contribution in [3.63, 3.8) is 0 Å². The molecule has 0 aliphatic carbocycles. The molecule has 4 aromatic rings. The van der Waals surface area contributed by atoms with Gasteiger partial charge < -0.3 is 19.5 Å². The van der Waals surface area contributed by atoms with E-state index in [0.29, 0.717) is 37.9 Å². The smallest absolute Gasteiger partial charge is 0.389 e. The van der Waals surface area contributed by atoms with Crippen molar-refractivity contribution in [1.82, 2.24) is 14.9 Å². The van der Waals surface area contributed by atoms with E-state index in [4.69, 9.17) is 14.2 Å². The van der Waals surface area contributed by atoms with Crippen LogP contribution in [-0.2, 0) is 16.1 Å². The Kier molecular flexibility index (Phi) is 7.91. The van der Waals surface area contributed by atoms with Gasteiger partial charge in [0.05, 0.1) is 25.3 Å². The fourth-order valence-electron chi connectivity index (χ4n) is 3.88. The number of carbonyl (C=O) groups excluding carboxylic acids is 1. The summed E-state index contributed by atoms with van der Waals surface area (Å²) in [5, 5.41) is 6.11. The van der Waals surface area contributed by atoms with Crippen molar-refractivity contribution in [2.24, 2.45) is 0 Å². The van der Waals surface area contributed by atoms with Crippen LogP contribution in [0.25, 0.3) is 10.9 Å². The monoisotopic (exact) mass is 514 g/mol. The molecule has 1 aliphatic rings. The van der Waals surface area contributed by atoms with Crippen LogP contribution in [-0.4, -0.2) is 53.7 Å². The highest BCUT2D eigenvalue weighted by Gasteiger charge is 2.11. The lowest BCUT2D eigenvalue weighted by atomic mass is 10.2. The van der Waals surface area contributed by atoms with Crippen molar-refractivity contribution in [2.45, 2.75) is 13.5 Å². The number of nitrogens with one attached hydrogen (secondary N) is 1. The molecule has 1 aliphatic heterocycles. The Hall–Kier alpha value is -3.97. The fraction of sp³-hybridized carbons (Fsp3) is 0.250. The molecule has 0 amide bonds. The summed E-state index contributed by atoms with van der Waals surface area (Å²) in [6.07, 6.45) is 1.50. The number of aryl methyl sites for hydroxylation is 1. The van der Waals surface area contributed by atoms with Crippen molar-refractivity contribution in [3.05, 3.63) is 70.7 Å². The average molecular weight is 515 g/mol. The lowest BCUT2D eigenvalue weighted by Crippen LogP contribution is -2.36. The van der Waals surface area contributed by atoms with Crippen LogP contribution < -0.4 is 14.8 Å². The molecule has 0 saturated carbocycles. The SMILES string of the molecule is Cc1cc(Nc2ncnc3ccc(OC(=O)C#CCN4CCOCC4)cc23)ccc1OCc1cccs1. The maximum Gasteiger partial charge on any atom is 0.389 e. The molecule has 0 spiro atoms. The Labute approximate surface area is 219 Å². The summed E-state index contributed by atoms with van der Waals surface area (Å²) in [5.41, 5.74) is 2.59. The Morgan fingerprint density at radius 2 is 2.05 bits per heavy atom. The molecule has 0 radical (unpaired) electrons. The van der Waals surface area contributed by atoms with Crippen LogP contribution >= 0.6 is 11.3 Å². The highest BCUT2D eigenvalue weighted by Crippen LogP contribution is 2.29. The summed E-state index contributed by atoms with van der Waals surface area (Å²) in [5.74, 6) is 6.65. The predicted octanol–water partition coefficient (Wildman–Crippen LogP) is 4.56. The third-order valence-corrected chi connectivity index (χ3v) is 6.65. The van der Waals surface area contributed by atoms with Gasteiger partial charge in [0.1, 0.15) is 30.3 Å². The molecule has 0 atom stereocenters. The molecule has 188 valence electrons.